The molecular weight excluding hydrogens is 266 g/mol. The van der Waals surface area contributed by atoms with E-state index in [4.69, 9.17) is 10.1 Å². The van der Waals surface area contributed by atoms with Gasteiger partial charge in [0.25, 0.3) is 0 Å². The Balaban J connectivity index is 1.99. The first-order valence-corrected chi connectivity index (χ1v) is 7.15. The number of H-pyrrole nitrogens is 1. The minimum absolute atomic E-state index is 0.0594. The zero-order valence-corrected chi connectivity index (χ0v) is 12.2. The van der Waals surface area contributed by atoms with E-state index in [2.05, 4.69) is 17.2 Å². The lowest BCUT2D eigenvalue weighted by molar-refractivity contribution is -0.131. The molecule has 3 N–H and O–H groups in total. The number of aromatic nitrogens is 2. The van der Waals surface area contributed by atoms with Crippen LogP contribution in [-0.2, 0) is 10.3 Å². The van der Waals surface area contributed by atoms with Gasteiger partial charge in [-0.1, -0.05) is 13.0 Å². The van der Waals surface area contributed by atoms with E-state index in [1.165, 1.54) is 6.42 Å². The molecule has 2 aromatic rings. The molecule has 1 unspecified atom stereocenters. The van der Waals surface area contributed by atoms with Crippen LogP contribution in [0.15, 0.2) is 24.3 Å². The first-order chi connectivity index (χ1) is 10.0. The van der Waals surface area contributed by atoms with Gasteiger partial charge in [0.1, 0.15) is 5.82 Å². The lowest BCUT2D eigenvalue weighted by Gasteiger charge is -2.46. The molecule has 5 heteroatoms. The molecule has 1 saturated carbocycles. The first kappa shape index (κ1) is 13.8. The molecule has 0 saturated heterocycles. The number of carbonyl (C=O) groups is 1. The molecule has 1 aromatic heterocycles. The highest BCUT2D eigenvalue weighted by Gasteiger charge is 2.46. The third kappa shape index (κ3) is 2.23. The van der Waals surface area contributed by atoms with Crippen LogP contribution in [0.5, 0.6) is 0 Å². The third-order valence-electron chi connectivity index (χ3n) is 4.61. The second-order valence-electron chi connectivity index (χ2n) is 5.69. The van der Waals surface area contributed by atoms with Crippen molar-refractivity contribution in [3.63, 3.8) is 0 Å². The summed E-state index contributed by atoms with van der Waals surface area (Å²) >= 11 is 0. The molecule has 21 heavy (non-hydrogen) atoms. The van der Waals surface area contributed by atoms with Crippen LogP contribution in [0.3, 0.4) is 0 Å². The maximum atomic E-state index is 10.6. The molecule has 1 aliphatic rings. The van der Waals surface area contributed by atoms with Gasteiger partial charge in [-0.3, -0.25) is 0 Å². The molecule has 3 rings (SSSR count). The predicted octanol–water partition coefficient (Wildman–Crippen LogP) is 2.51. The molecule has 2 atom stereocenters. The van der Waals surface area contributed by atoms with Gasteiger partial charge in [-0.2, -0.15) is 0 Å². The number of nitrogens with one attached hydrogen (secondary N) is 2. The lowest BCUT2D eigenvalue weighted by Crippen LogP contribution is -2.53. The van der Waals surface area contributed by atoms with E-state index in [0.717, 1.165) is 34.9 Å². The smallest absolute Gasteiger partial charge is 0.328 e. The SMILES string of the molecule is CNC1(c2nc3ccc(/C=C/C(=O)O)cc3[nH]2)CC[C@H]1C. The lowest BCUT2D eigenvalue weighted by atomic mass is 9.67. The molecule has 0 amide bonds. The maximum Gasteiger partial charge on any atom is 0.328 e. The first-order valence-electron chi connectivity index (χ1n) is 7.15. The van der Waals surface area contributed by atoms with E-state index in [-0.39, 0.29) is 5.54 Å². The van der Waals surface area contributed by atoms with E-state index < -0.39 is 5.97 Å². The molecule has 5 nitrogen and oxygen atoms in total. The van der Waals surface area contributed by atoms with Gasteiger partial charge in [0.05, 0.1) is 16.6 Å². The number of carboxylic acids is 1. The van der Waals surface area contributed by atoms with E-state index in [9.17, 15) is 4.79 Å². The second-order valence-corrected chi connectivity index (χ2v) is 5.69. The van der Waals surface area contributed by atoms with Gasteiger partial charge in [-0.25, -0.2) is 9.78 Å². The van der Waals surface area contributed by atoms with Crippen molar-refractivity contribution >= 4 is 23.1 Å². The Bertz CT molecular complexity index is 715. The number of hydrogen-bond acceptors (Lipinski definition) is 3. The van der Waals surface area contributed by atoms with E-state index in [1.54, 1.807) is 6.08 Å². The molecule has 0 spiro atoms. The number of hydrogen-bond donors (Lipinski definition) is 3. The van der Waals surface area contributed by atoms with E-state index in [1.807, 2.05) is 25.2 Å². The van der Waals surface area contributed by atoms with Crippen LogP contribution in [0, 0.1) is 5.92 Å². The summed E-state index contributed by atoms with van der Waals surface area (Å²) in [5.41, 5.74) is 2.63. The van der Waals surface area contributed by atoms with Crippen LogP contribution in [0.25, 0.3) is 17.1 Å². The molecule has 110 valence electrons. The number of imidazole rings is 1. The average Bonchev–Trinajstić information content (AvgIpc) is 2.87. The van der Waals surface area contributed by atoms with Crippen LogP contribution in [0.2, 0.25) is 0 Å². The van der Waals surface area contributed by atoms with Gasteiger partial charge < -0.3 is 15.4 Å². The Morgan fingerprint density at radius 3 is 2.95 bits per heavy atom. The van der Waals surface area contributed by atoms with Crippen molar-refractivity contribution in [2.45, 2.75) is 25.3 Å². The molecule has 1 fully saturated rings. The van der Waals surface area contributed by atoms with Gasteiger partial charge in [0, 0.05) is 6.08 Å². The van der Waals surface area contributed by atoms with Gasteiger partial charge in [0.15, 0.2) is 0 Å². The van der Waals surface area contributed by atoms with Crippen LogP contribution >= 0.6 is 0 Å². The van der Waals surface area contributed by atoms with Gasteiger partial charge in [-0.05, 0) is 49.6 Å². The highest BCUT2D eigenvalue weighted by Crippen LogP contribution is 2.45. The summed E-state index contributed by atoms with van der Waals surface area (Å²) in [6.45, 7) is 2.23. The van der Waals surface area contributed by atoms with Crippen molar-refractivity contribution in [3.8, 4) is 0 Å². The van der Waals surface area contributed by atoms with Gasteiger partial charge in [-0.15, -0.1) is 0 Å². The number of benzene rings is 1. The predicted molar refractivity (Wildman–Crippen MR) is 81.9 cm³/mol. The van der Waals surface area contributed by atoms with Crippen LogP contribution in [0.1, 0.15) is 31.2 Å². The summed E-state index contributed by atoms with van der Waals surface area (Å²) in [6.07, 6.45) is 5.00. The van der Waals surface area contributed by atoms with Crippen molar-refractivity contribution in [1.29, 1.82) is 0 Å². The molecule has 1 aromatic carbocycles. The molecule has 0 aliphatic heterocycles. The molecule has 0 radical (unpaired) electrons. The Labute approximate surface area is 123 Å². The summed E-state index contributed by atoms with van der Waals surface area (Å²) in [5, 5.41) is 12.1. The van der Waals surface area contributed by atoms with Crippen molar-refractivity contribution in [3.05, 3.63) is 35.7 Å². The highest BCUT2D eigenvalue weighted by molar-refractivity contribution is 5.86. The normalized spacial score (nSPS) is 25.3. The van der Waals surface area contributed by atoms with Crippen molar-refractivity contribution in [1.82, 2.24) is 15.3 Å². The fourth-order valence-electron chi connectivity index (χ4n) is 3.07. The number of nitrogens with zero attached hydrogens (tertiary/aromatic N) is 1. The summed E-state index contributed by atoms with van der Waals surface area (Å²) in [5.74, 6) is 0.574. The van der Waals surface area contributed by atoms with Gasteiger partial charge in [0.2, 0.25) is 0 Å². The molecular formula is C16H19N3O2. The van der Waals surface area contributed by atoms with Crippen molar-refractivity contribution < 1.29 is 9.90 Å². The topological polar surface area (TPSA) is 78.0 Å². The zero-order chi connectivity index (χ0) is 15.0. The minimum atomic E-state index is -0.946. The standard InChI is InChI=1S/C16H19N3O2/c1-10-7-8-16(10,17-2)15-18-12-5-3-11(4-6-14(20)21)9-13(12)19-15/h3-6,9-10,17H,7-8H2,1-2H3,(H,18,19)(H,20,21)/b6-4+/t10-,16?/m1/s1. The number of carboxylic acid groups (broad SMARTS) is 1. The fourth-order valence-corrected chi connectivity index (χ4v) is 3.07. The Hall–Kier alpha value is -2.14. The van der Waals surface area contributed by atoms with Crippen LogP contribution in [-0.4, -0.2) is 28.1 Å². The average molecular weight is 285 g/mol. The quantitative estimate of drug-likeness (QED) is 0.754. The monoisotopic (exact) mass is 285 g/mol. The summed E-state index contributed by atoms with van der Waals surface area (Å²) in [6, 6.07) is 5.73. The Morgan fingerprint density at radius 2 is 2.38 bits per heavy atom. The fraction of sp³-hybridized carbons (Fsp3) is 0.375. The summed E-state index contributed by atoms with van der Waals surface area (Å²) in [7, 11) is 1.98. The van der Waals surface area contributed by atoms with E-state index in [0.29, 0.717) is 5.92 Å². The largest absolute Gasteiger partial charge is 0.478 e. The second kappa shape index (κ2) is 5.00. The molecule has 1 heterocycles. The Morgan fingerprint density at radius 1 is 1.57 bits per heavy atom. The summed E-state index contributed by atoms with van der Waals surface area (Å²) < 4.78 is 0. The maximum absolute atomic E-state index is 10.6. The highest BCUT2D eigenvalue weighted by atomic mass is 16.4. The third-order valence-corrected chi connectivity index (χ3v) is 4.61. The van der Waals surface area contributed by atoms with Gasteiger partial charge >= 0.3 is 5.97 Å². The summed E-state index contributed by atoms with van der Waals surface area (Å²) in [4.78, 5) is 18.7. The molecule has 1 aliphatic carbocycles. The van der Waals surface area contributed by atoms with Crippen LogP contribution < -0.4 is 5.32 Å². The zero-order valence-electron chi connectivity index (χ0n) is 12.2. The number of aliphatic carboxylic acids is 1. The number of fused-ring (bicyclic) bond motifs is 1. The number of rotatable bonds is 4. The van der Waals surface area contributed by atoms with Crippen molar-refractivity contribution in [2.24, 2.45) is 5.92 Å². The van der Waals surface area contributed by atoms with E-state index >= 15 is 0 Å². The number of aromatic amines is 1. The minimum Gasteiger partial charge on any atom is -0.478 e. The van der Waals surface area contributed by atoms with Crippen LogP contribution in [0.4, 0.5) is 0 Å². The Kier molecular flexibility index (Phi) is 3.29. The van der Waals surface area contributed by atoms with Crippen molar-refractivity contribution in [2.75, 3.05) is 7.05 Å². The molecule has 0 bridgehead atoms.